The van der Waals surface area contributed by atoms with Gasteiger partial charge in [0.15, 0.2) is 0 Å². The molecule has 0 saturated carbocycles. The number of aromatic nitrogens is 1. The Balaban J connectivity index is 0.000000565. The van der Waals surface area contributed by atoms with Crippen molar-refractivity contribution in [3.8, 4) is 0 Å². The molecule has 170 valence electrons. The summed E-state index contributed by atoms with van der Waals surface area (Å²) in [6.07, 6.45) is 7.82. The number of benzene rings is 1. The number of unbranched alkanes of at least 4 members (excludes halogenated alkanes) is 2. The largest absolute Gasteiger partial charge is 0.306 e. The Hall–Kier alpha value is -1.01. The molecule has 1 aliphatic heterocycles. The Morgan fingerprint density at radius 2 is 1.77 bits per heavy atom. The fourth-order valence-electron chi connectivity index (χ4n) is 3.30. The lowest BCUT2D eigenvalue weighted by molar-refractivity contribution is 0.192. The smallest absolute Gasteiger partial charge is 0.136 e. The molecule has 30 heavy (non-hydrogen) atoms. The zero-order valence-corrected chi connectivity index (χ0v) is 21.4. The fraction of sp³-hybridized carbons (Fsp3) is 0.625. The lowest BCUT2D eigenvalue weighted by Crippen LogP contribution is -2.50. The molecule has 2 aromatic rings. The Bertz CT molecular complexity index is 802. The van der Waals surface area contributed by atoms with Crippen molar-refractivity contribution in [2.45, 2.75) is 84.1 Å². The number of aryl methyl sites for hydroxylation is 1. The van der Waals surface area contributed by atoms with Crippen LogP contribution in [0, 0.1) is 6.92 Å². The maximum absolute atomic E-state index is 12.8. The molecule has 0 bridgehead atoms. The van der Waals surface area contributed by atoms with E-state index in [9.17, 15) is 4.21 Å². The van der Waals surface area contributed by atoms with Gasteiger partial charge in [-0.15, -0.1) is 0 Å². The van der Waals surface area contributed by atoms with Gasteiger partial charge in [0.1, 0.15) is 16.1 Å². The minimum Gasteiger partial charge on any atom is -0.306 e. The van der Waals surface area contributed by atoms with E-state index < -0.39 is 11.0 Å². The first-order chi connectivity index (χ1) is 14.3. The van der Waals surface area contributed by atoms with E-state index in [0.717, 1.165) is 47.2 Å². The second kappa shape index (κ2) is 13.4. The molecule has 1 aliphatic rings. The number of fused-ring (bicyclic) bond motifs is 1. The second-order valence-electron chi connectivity index (χ2n) is 8.03. The molecule has 4 nitrogen and oxygen atoms in total. The van der Waals surface area contributed by atoms with E-state index in [4.69, 9.17) is 11.6 Å². The Labute approximate surface area is 191 Å². The van der Waals surface area contributed by atoms with Crippen molar-refractivity contribution in [1.82, 2.24) is 14.6 Å². The predicted molar refractivity (Wildman–Crippen MR) is 133 cm³/mol. The summed E-state index contributed by atoms with van der Waals surface area (Å²) in [6, 6.07) is 5.77. The van der Waals surface area contributed by atoms with Crippen molar-refractivity contribution in [2.24, 2.45) is 0 Å². The van der Waals surface area contributed by atoms with Gasteiger partial charge in [-0.3, -0.25) is 0 Å². The molecule has 1 atom stereocenters. The van der Waals surface area contributed by atoms with Gasteiger partial charge in [0.05, 0.1) is 4.90 Å². The van der Waals surface area contributed by atoms with Crippen molar-refractivity contribution in [2.75, 3.05) is 20.1 Å². The maximum Gasteiger partial charge on any atom is 0.136 e. The fourth-order valence-corrected chi connectivity index (χ4v) is 4.69. The third-order valence-electron chi connectivity index (χ3n) is 5.36. The van der Waals surface area contributed by atoms with Gasteiger partial charge in [0.2, 0.25) is 0 Å². The summed E-state index contributed by atoms with van der Waals surface area (Å²) < 4.78 is 16.1. The molecule has 1 aromatic carbocycles. The summed E-state index contributed by atoms with van der Waals surface area (Å²) in [5.41, 5.74) is 0.970. The van der Waals surface area contributed by atoms with Crippen molar-refractivity contribution in [3.05, 3.63) is 35.1 Å². The zero-order valence-electron chi connectivity index (χ0n) is 19.8. The molecule has 1 fully saturated rings. The van der Waals surface area contributed by atoms with Crippen LogP contribution in [-0.2, 0) is 11.0 Å². The zero-order chi connectivity index (χ0) is 22.7. The average Bonchev–Trinajstić information content (AvgIpc) is 2.75. The number of likely N-dealkylation sites (tertiary alicyclic amines) is 1. The van der Waals surface area contributed by atoms with Crippen molar-refractivity contribution >= 4 is 33.4 Å². The number of nitrogens with zero attached hydrogens (tertiary/aromatic N) is 2. The monoisotopic (exact) mass is 453 g/mol. The highest BCUT2D eigenvalue weighted by atomic mass is 35.5. The number of halogens is 1. The molecule has 1 unspecified atom stereocenters. The van der Waals surface area contributed by atoms with Crippen LogP contribution in [0.5, 0.6) is 0 Å². The van der Waals surface area contributed by atoms with Gasteiger partial charge >= 0.3 is 0 Å². The molecule has 3 rings (SSSR count). The highest BCUT2D eigenvalue weighted by molar-refractivity contribution is 7.83. The van der Waals surface area contributed by atoms with Gasteiger partial charge < -0.3 is 4.90 Å². The molecule has 0 aliphatic carbocycles. The summed E-state index contributed by atoms with van der Waals surface area (Å²) in [6.45, 7) is 14.6. The Morgan fingerprint density at radius 3 is 2.30 bits per heavy atom. The number of pyridine rings is 1. The average molecular weight is 454 g/mol. The van der Waals surface area contributed by atoms with Crippen LogP contribution in [0.25, 0.3) is 10.8 Å². The first kappa shape index (κ1) is 27.0. The predicted octanol–water partition coefficient (Wildman–Crippen LogP) is 6.52. The van der Waals surface area contributed by atoms with Crippen molar-refractivity contribution in [1.29, 1.82) is 0 Å². The maximum atomic E-state index is 12.8. The molecular formula is C24H40ClN3OS. The van der Waals surface area contributed by atoms with Crippen LogP contribution < -0.4 is 4.72 Å². The van der Waals surface area contributed by atoms with E-state index in [2.05, 4.69) is 42.4 Å². The molecule has 1 saturated heterocycles. The van der Waals surface area contributed by atoms with Gasteiger partial charge in [0, 0.05) is 17.1 Å². The van der Waals surface area contributed by atoms with E-state index in [1.807, 2.05) is 39.0 Å². The van der Waals surface area contributed by atoms with E-state index in [1.54, 1.807) is 6.20 Å². The highest BCUT2D eigenvalue weighted by Crippen LogP contribution is 2.27. The number of piperidine rings is 1. The van der Waals surface area contributed by atoms with Crippen molar-refractivity contribution < 1.29 is 4.21 Å². The number of hydrogen-bond donors (Lipinski definition) is 1. The van der Waals surface area contributed by atoms with Crippen LogP contribution in [-0.4, -0.2) is 39.8 Å². The second-order valence-corrected chi connectivity index (χ2v) is 9.60. The van der Waals surface area contributed by atoms with Gasteiger partial charge in [-0.25, -0.2) is 13.9 Å². The van der Waals surface area contributed by atoms with Gasteiger partial charge in [0.25, 0.3) is 0 Å². The molecule has 0 radical (unpaired) electrons. The molecule has 6 heteroatoms. The first-order valence-corrected chi connectivity index (χ1v) is 12.8. The Kier molecular flexibility index (Phi) is 12.1. The van der Waals surface area contributed by atoms with Gasteiger partial charge in [-0.1, -0.05) is 64.6 Å². The third kappa shape index (κ3) is 7.92. The number of rotatable bonds is 5. The summed E-state index contributed by atoms with van der Waals surface area (Å²) in [7, 11) is 0.865. The lowest BCUT2D eigenvalue weighted by Gasteiger charge is -2.38. The normalized spacial score (nSPS) is 16.8. The Morgan fingerprint density at radius 1 is 1.17 bits per heavy atom. The summed E-state index contributed by atoms with van der Waals surface area (Å²) in [4.78, 5) is 7.23. The number of hydrogen-bond acceptors (Lipinski definition) is 3. The van der Waals surface area contributed by atoms with E-state index in [-0.39, 0.29) is 5.54 Å². The van der Waals surface area contributed by atoms with Crippen LogP contribution in [0.3, 0.4) is 0 Å². The van der Waals surface area contributed by atoms with Crippen LogP contribution in [0.15, 0.2) is 29.3 Å². The highest BCUT2D eigenvalue weighted by Gasteiger charge is 2.30. The lowest BCUT2D eigenvalue weighted by atomic mass is 9.91. The van der Waals surface area contributed by atoms with Crippen LogP contribution in [0.1, 0.15) is 72.3 Å². The topological polar surface area (TPSA) is 45.2 Å². The van der Waals surface area contributed by atoms with Gasteiger partial charge in [-0.2, -0.15) is 0 Å². The molecule has 1 aromatic heterocycles. The van der Waals surface area contributed by atoms with E-state index in [1.165, 1.54) is 19.3 Å². The molecule has 0 amide bonds. The molecule has 0 spiro atoms. The molecule has 1 N–H and O–H groups in total. The third-order valence-corrected chi connectivity index (χ3v) is 7.02. The minimum absolute atomic E-state index is 0.0963. The van der Waals surface area contributed by atoms with Gasteiger partial charge in [-0.05, 0) is 69.9 Å². The summed E-state index contributed by atoms with van der Waals surface area (Å²) in [5, 5.41) is 2.36. The quantitative estimate of drug-likeness (QED) is 0.524. The molecule has 2 heterocycles. The van der Waals surface area contributed by atoms with E-state index in [0.29, 0.717) is 5.15 Å². The summed E-state index contributed by atoms with van der Waals surface area (Å²) >= 11 is 6.20. The van der Waals surface area contributed by atoms with Crippen molar-refractivity contribution in [3.63, 3.8) is 0 Å². The molecular weight excluding hydrogens is 414 g/mol. The minimum atomic E-state index is -1.26. The number of nitrogens with one attached hydrogen (secondary N) is 1. The first-order valence-electron chi connectivity index (χ1n) is 11.2. The van der Waals surface area contributed by atoms with Crippen LogP contribution >= 0.6 is 11.6 Å². The summed E-state index contributed by atoms with van der Waals surface area (Å²) in [5.74, 6) is 0. The van der Waals surface area contributed by atoms with E-state index >= 15 is 0 Å². The van der Waals surface area contributed by atoms with Crippen LogP contribution in [0.2, 0.25) is 5.15 Å². The standard InChI is InChI=1S/C17H22ClN3OS.C5H12.C2H6/c1-12-11-19-16(18)15-10-13(4-5-14(12)15)23(22)20-17(2)6-8-21(3)9-7-17;1-3-5-4-2;1-2/h4-5,10-11,20H,6-9H2,1-3H3;3-5H2,1-2H3;1-2H3. The van der Waals surface area contributed by atoms with Crippen LogP contribution in [0.4, 0.5) is 0 Å². The SMILES string of the molecule is CC.CCCCC.Cc1cnc(Cl)c2cc(S(=O)NC3(C)CCN(C)CC3)ccc12.